The maximum Gasteiger partial charge on any atom is 0.306 e. The van der Waals surface area contributed by atoms with Crippen LogP contribution in [0, 0.1) is 0 Å². The number of carbonyl (C=O) groups is 2. The maximum absolute atomic E-state index is 13.4. The van der Waals surface area contributed by atoms with Crippen LogP contribution < -0.4 is 5.32 Å². The van der Waals surface area contributed by atoms with Crippen LogP contribution in [0.15, 0.2) is 36.5 Å². The first kappa shape index (κ1) is 66.9. The van der Waals surface area contributed by atoms with Gasteiger partial charge in [-0.2, -0.15) is 0 Å². The third-order valence-electron chi connectivity index (χ3n) is 14.0. The number of aliphatic hydroxyl groups is 5. The van der Waals surface area contributed by atoms with E-state index < -0.39 is 67.4 Å². The number of allylic oxidation sites excluding steroid dienone is 5. The molecule has 0 aliphatic carbocycles. The number of amides is 1. The summed E-state index contributed by atoms with van der Waals surface area (Å²) in [6, 6.07) is -1.03. The van der Waals surface area contributed by atoms with E-state index in [0.29, 0.717) is 12.8 Å². The minimum absolute atomic E-state index is 0.119. The number of unbranched alkanes of at least 4 members (excludes halogenated alkanes) is 32. The van der Waals surface area contributed by atoms with Crippen molar-refractivity contribution < 1.29 is 49.3 Å². The van der Waals surface area contributed by atoms with Crippen LogP contribution in [0.3, 0.4) is 0 Å². The van der Waals surface area contributed by atoms with E-state index >= 15 is 0 Å². The van der Waals surface area contributed by atoms with Crippen LogP contribution in [-0.2, 0) is 23.8 Å². The summed E-state index contributed by atoms with van der Waals surface area (Å²) in [5, 5.41) is 56.8. The average molecular weight is 1010 g/mol. The van der Waals surface area contributed by atoms with Crippen molar-refractivity contribution in [2.75, 3.05) is 13.2 Å². The zero-order valence-electron chi connectivity index (χ0n) is 45.9. The second-order valence-electron chi connectivity index (χ2n) is 20.7. The number of carbonyl (C=O) groups excluding carboxylic acids is 2. The lowest BCUT2D eigenvalue weighted by Crippen LogP contribution is -2.61. The van der Waals surface area contributed by atoms with Crippen molar-refractivity contribution in [1.82, 2.24) is 5.32 Å². The summed E-state index contributed by atoms with van der Waals surface area (Å²) in [6.45, 7) is 5.77. The highest BCUT2D eigenvalue weighted by molar-refractivity contribution is 5.80. The molecule has 11 heteroatoms. The molecule has 1 amide bonds. The van der Waals surface area contributed by atoms with E-state index in [9.17, 15) is 35.1 Å². The van der Waals surface area contributed by atoms with Gasteiger partial charge in [0, 0.05) is 6.42 Å². The molecule has 1 aliphatic heterocycles. The fourth-order valence-electron chi connectivity index (χ4n) is 9.23. The molecule has 0 aromatic rings. The van der Waals surface area contributed by atoms with Crippen molar-refractivity contribution in [3.8, 4) is 0 Å². The highest BCUT2D eigenvalue weighted by Crippen LogP contribution is 2.26. The summed E-state index contributed by atoms with van der Waals surface area (Å²) in [4.78, 5) is 26.5. The fraction of sp³-hybridized carbons (Fsp3) is 0.867. The van der Waals surface area contributed by atoms with E-state index in [4.69, 9.17) is 14.2 Å². The number of hydrogen-bond donors (Lipinski definition) is 6. The molecule has 0 radical (unpaired) electrons. The Bertz CT molecular complexity index is 1290. The van der Waals surface area contributed by atoms with Crippen molar-refractivity contribution in [2.45, 2.75) is 320 Å². The largest absolute Gasteiger partial charge is 0.454 e. The summed E-state index contributed by atoms with van der Waals surface area (Å²) in [6.07, 6.45) is 46.1. The van der Waals surface area contributed by atoms with Crippen molar-refractivity contribution in [1.29, 1.82) is 0 Å². The second kappa shape index (κ2) is 48.8. The summed E-state index contributed by atoms with van der Waals surface area (Å²) in [5.41, 5.74) is 0. The molecule has 1 fully saturated rings. The van der Waals surface area contributed by atoms with Crippen LogP contribution in [0.1, 0.15) is 271 Å². The molecule has 1 rings (SSSR count). The normalized spacial score (nSPS) is 19.8. The monoisotopic (exact) mass is 1010 g/mol. The standard InChI is InChI=1S/C60H111NO10/c1-4-7-10-13-16-19-22-25-26-27-28-30-33-36-39-42-45-48-55(65)71-58-57(67)56(66)54(49-62)70-60(58)69-50-51(52(63)46-43-40-37-34-31-24-21-18-15-12-9-6-3)61-59(68)53(64)47-44-41-38-35-32-29-23-20-17-14-11-8-5-2/h25-26,32,35,43,46,51-54,56-58,60,62-64,66-67H,4-24,27-31,33-34,36-42,44-45,47-50H2,1-3H3,(H,61,68)/b26-25+,35-32-,46-43+. The molecule has 0 saturated carbocycles. The molecule has 0 spiro atoms. The van der Waals surface area contributed by atoms with E-state index in [1.54, 1.807) is 6.08 Å². The smallest absolute Gasteiger partial charge is 0.306 e. The predicted octanol–water partition coefficient (Wildman–Crippen LogP) is 13.5. The summed E-state index contributed by atoms with van der Waals surface area (Å²) in [5.74, 6) is -1.21. The first-order valence-electron chi connectivity index (χ1n) is 29.8. The van der Waals surface area contributed by atoms with E-state index in [-0.39, 0.29) is 19.4 Å². The van der Waals surface area contributed by atoms with Crippen LogP contribution in [0.2, 0.25) is 0 Å². The van der Waals surface area contributed by atoms with Gasteiger partial charge in [-0.05, 0) is 77.0 Å². The highest BCUT2D eigenvalue weighted by Gasteiger charge is 2.47. The molecule has 416 valence electrons. The molecular weight excluding hydrogens is 895 g/mol. The number of esters is 1. The predicted molar refractivity (Wildman–Crippen MR) is 292 cm³/mol. The van der Waals surface area contributed by atoms with Crippen molar-refractivity contribution in [3.05, 3.63) is 36.5 Å². The Morgan fingerprint density at radius 1 is 0.535 bits per heavy atom. The molecule has 71 heavy (non-hydrogen) atoms. The Morgan fingerprint density at radius 2 is 0.930 bits per heavy atom. The Hall–Kier alpha value is -2.12. The van der Waals surface area contributed by atoms with Gasteiger partial charge in [-0.25, -0.2) is 0 Å². The number of ether oxygens (including phenoxy) is 3. The number of aliphatic hydroxyl groups excluding tert-OH is 5. The number of hydrogen-bond acceptors (Lipinski definition) is 10. The minimum Gasteiger partial charge on any atom is -0.454 e. The first-order valence-corrected chi connectivity index (χ1v) is 29.8. The molecule has 8 unspecified atom stereocenters. The van der Waals surface area contributed by atoms with Gasteiger partial charge in [-0.1, -0.05) is 224 Å². The number of nitrogens with one attached hydrogen (secondary N) is 1. The lowest BCUT2D eigenvalue weighted by molar-refractivity contribution is -0.305. The third-order valence-corrected chi connectivity index (χ3v) is 14.0. The van der Waals surface area contributed by atoms with Crippen molar-refractivity contribution in [3.63, 3.8) is 0 Å². The van der Waals surface area contributed by atoms with Gasteiger partial charge < -0.3 is 45.1 Å². The Morgan fingerprint density at radius 3 is 1.37 bits per heavy atom. The molecule has 1 saturated heterocycles. The molecule has 0 aromatic heterocycles. The SMILES string of the molecule is CCCCCCCC/C=C/CCCCCCCCCC(=O)OC1C(OCC(NC(=O)C(O)CCCC/C=C\CCCCCCCCC)C(O)/C=C/CCCCCCCCCCCC)OC(CO)C(O)C1O. The maximum atomic E-state index is 13.4. The van der Waals surface area contributed by atoms with Gasteiger partial charge >= 0.3 is 5.97 Å². The number of rotatable bonds is 50. The lowest BCUT2D eigenvalue weighted by Gasteiger charge is -2.41. The Kier molecular flexibility index (Phi) is 46.0. The second-order valence-corrected chi connectivity index (χ2v) is 20.7. The Balaban J connectivity index is 2.72. The van der Waals surface area contributed by atoms with Crippen LogP contribution in [-0.4, -0.2) is 99.6 Å². The molecular formula is C60H111NO10. The van der Waals surface area contributed by atoms with Gasteiger partial charge in [-0.15, -0.1) is 0 Å². The van der Waals surface area contributed by atoms with Crippen LogP contribution in [0.4, 0.5) is 0 Å². The minimum atomic E-state index is -1.61. The zero-order valence-corrected chi connectivity index (χ0v) is 45.9. The van der Waals surface area contributed by atoms with Gasteiger partial charge in [0.1, 0.15) is 24.4 Å². The van der Waals surface area contributed by atoms with E-state index in [2.05, 4.69) is 50.4 Å². The fourth-order valence-corrected chi connectivity index (χ4v) is 9.23. The van der Waals surface area contributed by atoms with Gasteiger partial charge in [0.15, 0.2) is 12.4 Å². The summed E-state index contributed by atoms with van der Waals surface area (Å²) in [7, 11) is 0. The summed E-state index contributed by atoms with van der Waals surface area (Å²) < 4.78 is 17.6. The first-order chi connectivity index (χ1) is 34.7. The van der Waals surface area contributed by atoms with Gasteiger partial charge in [0.05, 0.1) is 25.4 Å². The highest BCUT2D eigenvalue weighted by atomic mass is 16.7. The topological polar surface area (TPSA) is 175 Å². The van der Waals surface area contributed by atoms with Crippen molar-refractivity contribution in [2.24, 2.45) is 0 Å². The zero-order chi connectivity index (χ0) is 51.8. The van der Waals surface area contributed by atoms with Gasteiger partial charge in [0.25, 0.3) is 0 Å². The van der Waals surface area contributed by atoms with E-state index in [1.807, 2.05) is 6.08 Å². The molecule has 11 nitrogen and oxygen atoms in total. The molecule has 8 atom stereocenters. The van der Waals surface area contributed by atoms with Gasteiger partial charge in [0.2, 0.25) is 5.91 Å². The summed E-state index contributed by atoms with van der Waals surface area (Å²) >= 11 is 0. The Labute approximate surface area is 434 Å². The molecule has 1 aliphatic rings. The van der Waals surface area contributed by atoms with E-state index in [1.165, 1.54) is 154 Å². The average Bonchev–Trinajstić information content (AvgIpc) is 3.37. The lowest BCUT2D eigenvalue weighted by atomic mass is 9.99. The third kappa shape index (κ3) is 37.3. The molecule has 6 N–H and O–H groups in total. The van der Waals surface area contributed by atoms with Crippen LogP contribution in [0.5, 0.6) is 0 Å². The molecule has 1 heterocycles. The quantitative estimate of drug-likeness (QED) is 0.0195. The van der Waals surface area contributed by atoms with E-state index in [0.717, 1.165) is 70.6 Å². The van der Waals surface area contributed by atoms with Crippen LogP contribution in [0.25, 0.3) is 0 Å². The molecule has 0 aromatic carbocycles. The molecule has 0 bridgehead atoms. The van der Waals surface area contributed by atoms with Gasteiger partial charge in [-0.3, -0.25) is 9.59 Å². The van der Waals surface area contributed by atoms with Crippen LogP contribution >= 0.6 is 0 Å². The van der Waals surface area contributed by atoms with Crippen molar-refractivity contribution >= 4 is 11.9 Å².